The third-order valence-corrected chi connectivity index (χ3v) is 5.65. The van der Waals surface area contributed by atoms with Crippen molar-refractivity contribution in [3.8, 4) is 0 Å². The molecule has 6 nitrogen and oxygen atoms in total. The van der Waals surface area contributed by atoms with Crippen LogP contribution in [0.5, 0.6) is 0 Å². The Morgan fingerprint density at radius 2 is 1.84 bits per heavy atom. The highest BCUT2D eigenvalue weighted by atomic mass is 35.5. The third-order valence-electron chi connectivity index (χ3n) is 3.46. The van der Waals surface area contributed by atoms with Crippen LogP contribution in [0.25, 0.3) is 0 Å². The van der Waals surface area contributed by atoms with Gasteiger partial charge < -0.3 is 10.6 Å². The summed E-state index contributed by atoms with van der Waals surface area (Å²) in [5.74, 6) is -2.99. The Labute approximate surface area is 155 Å². The molecule has 0 bridgehead atoms. The number of fused-ring (bicyclic) bond motifs is 1. The van der Waals surface area contributed by atoms with E-state index in [9.17, 15) is 18.6 Å². The number of halogens is 2. The molecule has 2 aromatic rings. The molecule has 0 fully saturated rings. The van der Waals surface area contributed by atoms with E-state index >= 15 is 0 Å². The Kier molecular flexibility index (Phi) is 4.89. The summed E-state index contributed by atoms with van der Waals surface area (Å²) >= 11 is 11.7. The lowest BCUT2D eigenvalue weighted by Crippen LogP contribution is -2.46. The Bertz CT molecular complexity index is 932. The molecular formula is C16H10Cl2N2O4S. The Morgan fingerprint density at radius 1 is 1.12 bits per heavy atom. The molecule has 1 aliphatic rings. The lowest BCUT2D eigenvalue weighted by Gasteiger charge is -2.22. The molecule has 128 valence electrons. The maximum Gasteiger partial charge on any atom is 0.293 e. The first-order valence-corrected chi connectivity index (χ1v) is 8.96. The molecule has 1 aliphatic heterocycles. The van der Waals surface area contributed by atoms with E-state index in [1.54, 1.807) is 18.2 Å². The smallest absolute Gasteiger partial charge is 0.293 e. The molecular weight excluding hydrogens is 387 g/mol. The lowest BCUT2D eigenvalue weighted by molar-refractivity contribution is -0.136. The van der Waals surface area contributed by atoms with E-state index in [0.29, 0.717) is 10.7 Å². The summed E-state index contributed by atoms with van der Waals surface area (Å²) in [5, 5.41) is 3.66. The standard InChI is InChI=1S/C16H10Cl2N2O4S/c17-8-5-6-10(9(18)7-8)19-15(22)13(21)14-16(23)20-11-3-1-2-4-12(11)25(14)24/h1-7,14H,(H,19,22)(H,20,23)/t14-,25-/m0/s1. The summed E-state index contributed by atoms with van der Waals surface area (Å²) in [6.45, 7) is 0. The molecule has 0 saturated carbocycles. The quantitative estimate of drug-likeness (QED) is 0.615. The molecule has 0 saturated heterocycles. The number of anilines is 2. The number of hydrogen-bond donors (Lipinski definition) is 2. The van der Waals surface area contributed by atoms with Gasteiger partial charge >= 0.3 is 0 Å². The van der Waals surface area contributed by atoms with Gasteiger partial charge in [0.2, 0.25) is 11.7 Å². The van der Waals surface area contributed by atoms with Crippen LogP contribution in [0.2, 0.25) is 10.0 Å². The minimum Gasteiger partial charge on any atom is -0.324 e. The number of ketones is 1. The zero-order valence-corrected chi connectivity index (χ0v) is 14.7. The van der Waals surface area contributed by atoms with Crippen LogP contribution in [-0.2, 0) is 25.2 Å². The molecule has 0 unspecified atom stereocenters. The summed E-state index contributed by atoms with van der Waals surface area (Å²) in [5.41, 5.74) is 0.517. The highest BCUT2D eigenvalue weighted by molar-refractivity contribution is 7.87. The number of Topliss-reactive ketones (excluding diaryl/α,β-unsaturated/α-hetero) is 1. The summed E-state index contributed by atoms with van der Waals surface area (Å²) in [6.07, 6.45) is 0. The molecule has 0 aromatic heterocycles. The molecule has 1 heterocycles. The largest absolute Gasteiger partial charge is 0.324 e. The fourth-order valence-corrected chi connectivity index (χ4v) is 4.09. The van der Waals surface area contributed by atoms with E-state index in [1.165, 1.54) is 24.3 Å². The van der Waals surface area contributed by atoms with Crippen LogP contribution in [0.15, 0.2) is 47.4 Å². The second-order valence-electron chi connectivity index (χ2n) is 5.11. The van der Waals surface area contributed by atoms with Gasteiger partial charge in [-0.2, -0.15) is 0 Å². The zero-order chi connectivity index (χ0) is 18.1. The van der Waals surface area contributed by atoms with Crippen LogP contribution < -0.4 is 10.6 Å². The number of amides is 2. The minimum absolute atomic E-state index is 0.133. The predicted molar refractivity (Wildman–Crippen MR) is 95.4 cm³/mol. The second-order valence-corrected chi connectivity index (χ2v) is 7.46. The Morgan fingerprint density at radius 3 is 2.56 bits per heavy atom. The highest BCUT2D eigenvalue weighted by Crippen LogP contribution is 2.28. The second kappa shape index (κ2) is 6.95. The van der Waals surface area contributed by atoms with Crippen molar-refractivity contribution in [3.05, 3.63) is 52.5 Å². The Balaban J connectivity index is 1.84. The van der Waals surface area contributed by atoms with E-state index in [4.69, 9.17) is 23.2 Å². The van der Waals surface area contributed by atoms with Crippen molar-refractivity contribution < 1.29 is 18.6 Å². The predicted octanol–water partition coefficient (Wildman–Crippen LogP) is 2.63. The number of carbonyl (C=O) groups excluding carboxylic acids is 3. The van der Waals surface area contributed by atoms with Gasteiger partial charge in [-0.15, -0.1) is 0 Å². The zero-order valence-electron chi connectivity index (χ0n) is 12.4. The first kappa shape index (κ1) is 17.6. The number of benzene rings is 2. The monoisotopic (exact) mass is 396 g/mol. The van der Waals surface area contributed by atoms with Gasteiger partial charge in [0.1, 0.15) is 0 Å². The van der Waals surface area contributed by atoms with Gasteiger partial charge in [-0.1, -0.05) is 35.3 Å². The highest BCUT2D eigenvalue weighted by Gasteiger charge is 2.41. The van der Waals surface area contributed by atoms with Crippen molar-refractivity contribution in [1.82, 2.24) is 0 Å². The minimum atomic E-state index is -1.98. The van der Waals surface area contributed by atoms with E-state index in [0.717, 1.165) is 0 Å². The molecule has 2 atom stereocenters. The number of para-hydroxylation sites is 1. The van der Waals surface area contributed by atoms with Crippen LogP contribution in [0.1, 0.15) is 0 Å². The van der Waals surface area contributed by atoms with Crippen molar-refractivity contribution >= 4 is 63.0 Å². The van der Waals surface area contributed by atoms with Gasteiger partial charge in [-0.3, -0.25) is 18.6 Å². The summed E-state index contributed by atoms with van der Waals surface area (Å²) < 4.78 is 12.5. The van der Waals surface area contributed by atoms with E-state index in [1.807, 2.05) is 0 Å². The number of nitrogens with one attached hydrogen (secondary N) is 2. The molecule has 3 rings (SSSR count). The van der Waals surface area contributed by atoms with E-state index in [-0.39, 0.29) is 15.6 Å². The number of hydrogen-bond acceptors (Lipinski definition) is 4. The first-order valence-electron chi connectivity index (χ1n) is 6.99. The summed E-state index contributed by atoms with van der Waals surface area (Å²) in [4.78, 5) is 37.0. The van der Waals surface area contributed by atoms with Gasteiger partial charge in [0.15, 0.2) is 5.25 Å². The van der Waals surface area contributed by atoms with Gasteiger partial charge in [0.05, 0.1) is 32.1 Å². The van der Waals surface area contributed by atoms with Gasteiger partial charge in [0, 0.05) is 5.02 Å². The topological polar surface area (TPSA) is 92.3 Å². The number of carbonyl (C=O) groups is 3. The summed E-state index contributed by atoms with van der Waals surface area (Å²) in [7, 11) is -1.98. The normalized spacial score (nSPS) is 18.9. The molecule has 0 spiro atoms. The lowest BCUT2D eigenvalue weighted by atomic mass is 10.2. The molecule has 0 radical (unpaired) electrons. The maximum absolute atomic E-state index is 12.5. The third kappa shape index (κ3) is 3.44. The van der Waals surface area contributed by atoms with Gasteiger partial charge in [-0.25, -0.2) is 0 Å². The average molecular weight is 397 g/mol. The van der Waals surface area contributed by atoms with Crippen molar-refractivity contribution in [2.75, 3.05) is 10.6 Å². The SMILES string of the molecule is O=C(Nc1ccc(Cl)cc1Cl)C(=O)[C@H]1C(=O)Nc2ccccc2[S@@]1=O. The first-order chi connectivity index (χ1) is 11.9. The molecule has 2 aromatic carbocycles. The van der Waals surface area contributed by atoms with Crippen LogP contribution in [0.4, 0.5) is 11.4 Å². The average Bonchev–Trinajstić information content (AvgIpc) is 2.57. The van der Waals surface area contributed by atoms with Crippen molar-refractivity contribution in [2.24, 2.45) is 0 Å². The molecule has 2 amide bonds. The van der Waals surface area contributed by atoms with Gasteiger partial charge in [0.25, 0.3) is 5.91 Å². The van der Waals surface area contributed by atoms with E-state index in [2.05, 4.69) is 10.6 Å². The fourth-order valence-electron chi connectivity index (χ4n) is 2.28. The van der Waals surface area contributed by atoms with E-state index < -0.39 is 33.6 Å². The van der Waals surface area contributed by atoms with Crippen LogP contribution in [0.3, 0.4) is 0 Å². The van der Waals surface area contributed by atoms with Crippen LogP contribution >= 0.6 is 23.2 Å². The fraction of sp³-hybridized carbons (Fsp3) is 0.0625. The molecule has 9 heteroatoms. The Hall–Kier alpha value is -2.22. The number of rotatable bonds is 3. The molecule has 2 N–H and O–H groups in total. The molecule has 0 aliphatic carbocycles. The van der Waals surface area contributed by atoms with Crippen molar-refractivity contribution in [1.29, 1.82) is 0 Å². The van der Waals surface area contributed by atoms with Gasteiger partial charge in [-0.05, 0) is 30.3 Å². The van der Waals surface area contributed by atoms with Crippen LogP contribution in [-0.4, -0.2) is 27.1 Å². The maximum atomic E-state index is 12.5. The van der Waals surface area contributed by atoms with Crippen LogP contribution in [0, 0.1) is 0 Å². The van der Waals surface area contributed by atoms with Crippen molar-refractivity contribution in [2.45, 2.75) is 10.1 Å². The van der Waals surface area contributed by atoms with Crippen molar-refractivity contribution in [3.63, 3.8) is 0 Å². The summed E-state index contributed by atoms with van der Waals surface area (Å²) in [6, 6.07) is 10.7. The molecule has 25 heavy (non-hydrogen) atoms.